The molecule has 2 fully saturated rings. The Labute approximate surface area is 147 Å². The molecule has 0 spiro atoms. The molecule has 1 saturated carbocycles. The molecule has 1 aromatic carbocycles. The molecule has 132 valence electrons. The van der Waals surface area contributed by atoms with Crippen LogP contribution < -0.4 is 11.1 Å². The highest BCUT2D eigenvalue weighted by molar-refractivity contribution is 5.95. The van der Waals surface area contributed by atoms with Gasteiger partial charge in [-0.05, 0) is 49.5 Å². The number of benzene rings is 1. The minimum Gasteiger partial charge on any atom is -0.369 e. The maximum atomic E-state index is 12.3. The molecule has 1 saturated heterocycles. The van der Waals surface area contributed by atoms with Crippen LogP contribution in [0.3, 0.4) is 0 Å². The van der Waals surface area contributed by atoms with E-state index >= 15 is 0 Å². The van der Waals surface area contributed by atoms with E-state index in [0.717, 1.165) is 31.2 Å². The lowest BCUT2D eigenvalue weighted by Crippen LogP contribution is -2.43. The summed E-state index contributed by atoms with van der Waals surface area (Å²) in [7, 11) is 0. The monoisotopic (exact) mass is 341 g/mol. The van der Waals surface area contributed by atoms with Crippen molar-refractivity contribution < 1.29 is 14.4 Å². The highest BCUT2D eigenvalue weighted by Gasteiger charge is 2.26. The molecule has 3 amide bonds. The van der Waals surface area contributed by atoms with Crippen molar-refractivity contribution in [2.75, 3.05) is 13.1 Å². The minimum atomic E-state index is -0.346. The number of primary amides is 1. The Bertz CT molecular complexity index is 692. The van der Waals surface area contributed by atoms with Crippen molar-refractivity contribution in [3.63, 3.8) is 0 Å². The van der Waals surface area contributed by atoms with E-state index in [1.54, 1.807) is 23.1 Å². The Balaban J connectivity index is 1.56. The third-order valence-corrected chi connectivity index (χ3v) is 4.64. The molecule has 1 aliphatic carbocycles. The van der Waals surface area contributed by atoms with Crippen molar-refractivity contribution in [2.45, 2.75) is 31.7 Å². The Morgan fingerprint density at radius 2 is 1.84 bits per heavy atom. The zero-order chi connectivity index (χ0) is 17.8. The highest BCUT2D eigenvalue weighted by Crippen LogP contribution is 2.19. The number of hydrogen-bond acceptors (Lipinski definition) is 3. The molecular formula is C19H23N3O3. The SMILES string of the molecule is NC(=O)C1CCCN(C(=O)C=Cc2ccc(C(=O)NC3CC3)cc2)C1. The fraction of sp³-hybridized carbons (Fsp3) is 0.421. The van der Waals surface area contributed by atoms with Gasteiger partial charge in [0.15, 0.2) is 0 Å². The molecule has 0 radical (unpaired) electrons. The van der Waals surface area contributed by atoms with Gasteiger partial charge in [0.2, 0.25) is 11.8 Å². The summed E-state index contributed by atoms with van der Waals surface area (Å²) < 4.78 is 0. The van der Waals surface area contributed by atoms with Crippen LogP contribution in [0.4, 0.5) is 0 Å². The number of nitrogens with one attached hydrogen (secondary N) is 1. The summed E-state index contributed by atoms with van der Waals surface area (Å²) in [6.07, 6.45) is 6.87. The average molecular weight is 341 g/mol. The van der Waals surface area contributed by atoms with Crippen LogP contribution in [0.5, 0.6) is 0 Å². The number of carbonyl (C=O) groups excluding carboxylic acids is 3. The zero-order valence-corrected chi connectivity index (χ0v) is 14.1. The fourth-order valence-electron chi connectivity index (χ4n) is 2.92. The molecule has 1 aliphatic heterocycles. The van der Waals surface area contributed by atoms with Gasteiger partial charge in [-0.15, -0.1) is 0 Å². The molecule has 1 heterocycles. The molecule has 0 aromatic heterocycles. The van der Waals surface area contributed by atoms with E-state index in [1.165, 1.54) is 6.08 Å². The van der Waals surface area contributed by atoms with E-state index in [2.05, 4.69) is 5.32 Å². The lowest BCUT2D eigenvalue weighted by molar-refractivity contribution is -0.130. The van der Waals surface area contributed by atoms with Crippen LogP contribution in [-0.4, -0.2) is 41.8 Å². The Kier molecular flexibility index (Phi) is 5.16. The molecule has 6 nitrogen and oxygen atoms in total. The summed E-state index contributed by atoms with van der Waals surface area (Å²) >= 11 is 0. The van der Waals surface area contributed by atoms with Gasteiger partial charge in [-0.3, -0.25) is 14.4 Å². The highest BCUT2D eigenvalue weighted by atomic mass is 16.2. The predicted molar refractivity (Wildman–Crippen MR) is 94.5 cm³/mol. The van der Waals surface area contributed by atoms with Gasteiger partial charge in [-0.25, -0.2) is 0 Å². The number of nitrogens with two attached hydrogens (primary N) is 1. The first kappa shape index (κ1) is 17.2. The second-order valence-corrected chi connectivity index (χ2v) is 6.73. The van der Waals surface area contributed by atoms with Gasteiger partial charge in [0.1, 0.15) is 0 Å². The van der Waals surface area contributed by atoms with E-state index in [4.69, 9.17) is 5.73 Å². The van der Waals surface area contributed by atoms with Gasteiger partial charge >= 0.3 is 0 Å². The van der Waals surface area contributed by atoms with Gasteiger partial charge in [-0.2, -0.15) is 0 Å². The first-order valence-corrected chi connectivity index (χ1v) is 8.70. The standard InChI is InChI=1S/C19H23N3O3/c20-18(24)15-2-1-11-22(12-15)17(23)10-5-13-3-6-14(7-4-13)19(25)21-16-8-9-16/h3-7,10,15-16H,1-2,8-9,11-12H2,(H2,20,24)(H,21,25). The number of amides is 3. The maximum absolute atomic E-state index is 12.3. The number of likely N-dealkylation sites (tertiary alicyclic amines) is 1. The van der Waals surface area contributed by atoms with E-state index in [0.29, 0.717) is 24.7 Å². The van der Waals surface area contributed by atoms with Crippen LogP contribution in [0.1, 0.15) is 41.6 Å². The molecule has 1 unspecified atom stereocenters. The number of carbonyl (C=O) groups is 3. The van der Waals surface area contributed by atoms with Crippen molar-refractivity contribution in [3.05, 3.63) is 41.5 Å². The third-order valence-electron chi connectivity index (χ3n) is 4.64. The Morgan fingerprint density at radius 3 is 2.48 bits per heavy atom. The van der Waals surface area contributed by atoms with Crippen LogP contribution in [0.15, 0.2) is 30.3 Å². The topological polar surface area (TPSA) is 92.5 Å². The molecule has 1 atom stereocenters. The first-order chi connectivity index (χ1) is 12.0. The van der Waals surface area contributed by atoms with Gasteiger partial charge in [0, 0.05) is 30.8 Å². The second kappa shape index (κ2) is 7.51. The summed E-state index contributed by atoms with van der Waals surface area (Å²) in [6.45, 7) is 1.03. The van der Waals surface area contributed by atoms with Crippen molar-refractivity contribution in [1.82, 2.24) is 10.2 Å². The van der Waals surface area contributed by atoms with Crippen molar-refractivity contribution >= 4 is 23.8 Å². The summed E-state index contributed by atoms with van der Waals surface area (Å²) in [5, 5.41) is 2.94. The van der Waals surface area contributed by atoms with E-state index in [1.807, 2.05) is 12.1 Å². The molecule has 0 bridgehead atoms. The van der Waals surface area contributed by atoms with E-state index in [9.17, 15) is 14.4 Å². The summed E-state index contributed by atoms with van der Waals surface area (Å²) in [6, 6.07) is 7.47. The van der Waals surface area contributed by atoms with Gasteiger partial charge in [0.05, 0.1) is 5.92 Å². The lowest BCUT2D eigenvalue weighted by Gasteiger charge is -2.30. The summed E-state index contributed by atoms with van der Waals surface area (Å²) in [5.74, 6) is -0.779. The predicted octanol–water partition coefficient (Wildman–Crippen LogP) is 1.32. The van der Waals surface area contributed by atoms with Crippen molar-refractivity contribution in [2.24, 2.45) is 11.7 Å². The maximum Gasteiger partial charge on any atom is 0.251 e. The number of nitrogens with zero attached hydrogens (tertiary/aromatic N) is 1. The molecule has 1 aromatic rings. The second-order valence-electron chi connectivity index (χ2n) is 6.73. The first-order valence-electron chi connectivity index (χ1n) is 8.70. The van der Waals surface area contributed by atoms with Gasteiger partial charge < -0.3 is 16.0 Å². The van der Waals surface area contributed by atoms with Crippen LogP contribution in [0, 0.1) is 5.92 Å². The third kappa shape index (κ3) is 4.68. The normalized spacial score (nSPS) is 20.5. The molecular weight excluding hydrogens is 318 g/mol. The quantitative estimate of drug-likeness (QED) is 0.791. The molecule has 2 aliphatic rings. The summed E-state index contributed by atoms with van der Waals surface area (Å²) in [5.41, 5.74) is 6.81. The average Bonchev–Trinajstić information content (AvgIpc) is 3.44. The Morgan fingerprint density at radius 1 is 1.12 bits per heavy atom. The van der Waals surface area contributed by atoms with E-state index in [-0.39, 0.29) is 23.6 Å². The number of rotatable bonds is 5. The largest absolute Gasteiger partial charge is 0.369 e. The van der Waals surface area contributed by atoms with Crippen molar-refractivity contribution in [3.8, 4) is 0 Å². The number of piperidine rings is 1. The lowest BCUT2D eigenvalue weighted by atomic mass is 9.97. The molecule has 6 heteroatoms. The smallest absolute Gasteiger partial charge is 0.251 e. The van der Waals surface area contributed by atoms with Crippen LogP contribution >= 0.6 is 0 Å². The summed E-state index contributed by atoms with van der Waals surface area (Å²) in [4.78, 5) is 37.2. The molecule has 3 rings (SSSR count). The van der Waals surface area contributed by atoms with E-state index < -0.39 is 0 Å². The van der Waals surface area contributed by atoms with Gasteiger partial charge in [-0.1, -0.05) is 12.1 Å². The van der Waals surface area contributed by atoms with Crippen LogP contribution in [0.25, 0.3) is 6.08 Å². The molecule has 3 N–H and O–H groups in total. The molecule has 25 heavy (non-hydrogen) atoms. The van der Waals surface area contributed by atoms with Crippen LogP contribution in [0.2, 0.25) is 0 Å². The van der Waals surface area contributed by atoms with Crippen molar-refractivity contribution in [1.29, 1.82) is 0 Å². The van der Waals surface area contributed by atoms with Crippen LogP contribution in [-0.2, 0) is 9.59 Å². The zero-order valence-electron chi connectivity index (χ0n) is 14.1. The Hall–Kier alpha value is -2.63. The minimum absolute atomic E-state index is 0.0556. The van der Waals surface area contributed by atoms with Gasteiger partial charge in [0.25, 0.3) is 5.91 Å². The number of hydrogen-bond donors (Lipinski definition) is 2. The fourth-order valence-corrected chi connectivity index (χ4v) is 2.92.